The number of aromatic nitrogens is 2. The van der Waals surface area contributed by atoms with Crippen LogP contribution in [-0.4, -0.2) is 4.98 Å². The summed E-state index contributed by atoms with van der Waals surface area (Å²) in [6.07, 6.45) is 3.83. The minimum absolute atomic E-state index is 0.191. The van der Waals surface area contributed by atoms with Crippen LogP contribution < -0.4 is 4.57 Å². The SMILES string of the molecule is CC(C)c1ccc2oc(-c3cc[n+](Cc4ccccc4F)cc3)nc2c1. The summed E-state index contributed by atoms with van der Waals surface area (Å²) in [6.45, 7) is 4.81. The van der Waals surface area contributed by atoms with E-state index in [1.807, 2.05) is 41.2 Å². The zero-order valence-corrected chi connectivity index (χ0v) is 14.8. The van der Waals surface area contributed by atoms with Crippen LogP contribution in [0.2, 0.25) is 0 Å². The van der Waals surface area contributed by atoms with Gasteiger partial charge in [0.05, 0.1) is 5.56 Å². The number of benzene rings is 2. The van der Waals surface area contributed by atoms with E-state index >= 15 is 0 Å². The Balaban J connectivity index is 1.60. The molecule has 2 heterocycles. The van der Waals surface area contributed by atoms with Crippen LogP contribution in [0.25, 0.3) is 22.6 Å². The lowest BCUT2D eigenvalue weighted by atomic mass is 10.0. The second-order valence-electron chi connectivity index (χ2n) is 6.75. The van der Waals surface area contributed by atoms with Crippen molar-refractivity contribution in [3.8, 4) is 11.5 Å². The van der Waals surface area contributed by atoms with Gasteiger partial charge in [-0.2, -0.15) is 0 Å². The van der Waals surface area contributed by atoms with Crippen molar-refractivity contribution >= 4 is 11.1 Å². The molecular formula is C22H20FN2O+. The van der Waals surface area contributed by atoms with E-state index in [0.717, 1.165) is 16.7 Å². The molecule has 4 aromatic rings. The van der Waals surface area contributed by atoms with E-state index in [1.54, 1.807) is 12.1 Å². The summed E-state index contributed by atoms with van der Waals surface area (Å²) in [7, 11) is 0. The molecule has 130 valence electrons. The van der Waals surface area contributed by atoms with E-state index in [1.165, 1.54) is 11.6 Å². The van der Waals surface area contributed by atoms with Crippen molar-refractivity contribution in [2.45, 2.75) is 26.3 Å². The Kier molecular flexibility index (Phi) is 4.25. The van der Waals surface area contributed by atoms with Gasteiger partial charge < -0.3 is 4.42 Å². The summed E-state index contributed by atoms with van der Waals surface area (Å²) in [5.74, 6) is 0.858. The highest BCUT2D eigenvalue weighted by Crippen LogP contribution is 2.26. The van der Waals surface area contributed by atoms with Gasteiger partial charge in [0.1, 0.15) is 11.3 Å². The standard InChI is InChI=1S/C22H20FN2O/c1-15(2)17-7-8-21-20(13-17)24-22(26-21)16-9-11-25(12-10-16)14-18-5-3-4-6-19(18)23/h3-13,15H,14H2,1-2H3/q+1. The molecule has 0 aliphatic heterocycles. The van der Waals surface area contributed by atoms with Gasteiger partial charge in [-0.25, -0.2) is 13.9 Å². The molecule has 4 rings (SSSR count). The van der Waals surface area contributed by atoms with E-state index in [0.29, 0.717) is 23.9 Å². The molecule has 4 heteroatoms. The fourth-order valence-electron chi connectivity index (χ4n) is 2.96. The summed E-state index contributed by atoms with van der Waals surface area (Å²) in [6, 6.07) is 16.8. The third kappa shape index (κ3) is 3.23. The lowest BCUT2D eigenvalue weighted by Gasteiger charge is -2.02. The highest BCUT2D eigenvalue weighted by molar-refractivity contribution is 5.76. The van der Waals surface area contributed by atoms with Crippen LogP contribution in [0.4, 0.5) is 4.39 Å². The first-order chi connectivity index (χ1) is 12.6. The normalized spacial score (nSPS) is 11.4. The van der Waals surface area contributed by atoms with Crippen molar-refractivity contribution in [2.75, 3.05) is 0 Å². The molecular weight excluding hydrogens is 327 g/mol. The molecule has 0 unspecified atom stereocenters. The van der Waals surface area contributed by atoms with Crippen molar-refractivity contribution in [1.82, 2.24) is 4.98 Å². The molecule has 0 saturated heterocycles. The van der Waals surface area contributed by atoms with Gasteiger partial charge in [-0.15, -0.1) is 0 Å². The Labute approximate surface area is 151 Å². The lowest BCUT2D eigenvalue weighted by molar-refractivity contribution is -0.688. The highest BCUT2D eigenvalue weighted by atomic mass is 19.1. The number of halogens is 1. The number of oxazole rings is 1. The number of fused-ring (bicyclic) bond motifs is 1. The number of pyridine rings is 1. The zero-order chi connectivity index (χ0) is 18.1. The van der Waals surface area contributed by atoms with Crippen LogP contribution in [0.1, 0.15) is 30.9 Å². The van der Waals surface area contributed by atoms with Crippen LogP contribution in [0.15, 0.2) is 71.4 Å². The maximum absolute atomic E-state index is 13.8. The molecule has 0 amide bonds. The molecule has 0 N–H and O–H groups in total. The summed E-state index contributed by atoms with van der Waals surface area (Å²) >= 11 is 0. The van der Waals surface area contributed by atoms with Gasteiger partial charge in [0.15, 0.2) is 24.5 Å². The molecule has 0 saturated carbocycles. The van der Waals surface area contributed by atoms with Gasteiger partial charge in [0, 0.05) is 17.7 Å². The van der Waals surface area contributed by atoms with Crippen molar-refractivity contribution in [1.29, 1.82) is 0 Å². The lowest BCUT2D eigenvalue weighted by Crippen LogP contribution is -2.33. The molecule has 0 atom stereocenters. The van der Waals surface area contributed by atoms with Gasteiger partial charge in [-0.1, -0.05) is 32.0 Å². The van der Waals surface area contributed by atoms with Crippen molar-refractivity contribution in [2.24, 2.45) is 0 Å². The Morgan fingerprint density at radius 2 is 1.81 bits per heavy atom. The minimum Gasteiger partial charge on any atom is -0.436 e. The predicted octanol–water partition coefficient (Wildman–Crippen LogP) is 5.09. The first-order valence-corrected chi connectivity index (χ1v) is 8.73. The van der Waals surface area contributed by atoms with Crippen LogP contribution >= 0.6 is 0 Å². The second kappa shape index (κ2) is 6.71. The Bertz CT molecular complexity index is 1050. The number of hydrogen-bond acceptors (Lipinski definition) is 2. The zero-order valence-electron chi connectivity index (χ0n) is 14.8. The van der Waals surface area contributed by atoms with Gasteiger partial charge in [0.25, 0.3) is 0 Å². The molecule has 2 aromatic carbocycles. The van der Waals surface area contributed by atoms with Gasteiger partial charge in [-0.05, 0) is 35.7 Å². The minimum atomic E-state index is -0.191. The Morgan fingerprint density at radius 3 is 2.54 bits per heavy atom. The maximum Gasteiger partial charge on any atom is 0.227 e. The van der Waals surface area contributed by atoms with Gasteiger partial charge in [0.2, 0.25) is 5.89 Å². The average molecular weight is 347 g/mol. The molecule has 0 aliphatic carbocycles. The highest BCUT2D eigenvalue weighted by Gasteiger charge is 2.12. The fourth-order valence-corrected chi connectivity index (χ4v) is 2.96. The Hall–Kier alpha value is -3.01. The van der Waals surface area contributed by atoms with E-state index in [-0.39, 0.29) is 5.82 Å². The summed E-state index contributed by atoms with van der Waals surface area (Å²) in [5.41, 5.74) is 4.46. The topological polar surface area (TPSA) is 29.9 Å². The van der Waals surface area contributed by atoms with Crippen LogP contribution in [0.3, 0.4) is 0 Å². The van der Waals surface area contributed by atoms with Crippen molar-refractivity contribution < 1.29 is 13.4 Å². The van der Waals surface area contributed by atoms with Crippen LogP contribution in [0, 0.1) is 5.82 Å². The molecule has 0 spiro atoms. The third-order valence-corrected chi connectivity index (χ3v) is 4.53. The number of nitrogens with zero attached hydrogens (tertiary/aromatic N) is 2. The number of hydrogen-bond donors (Lipinski definition) is 0. The van der Waals surface area contributed by atoms with Crippen molar-refractivity contribution in [3.05, 3.63) is 83.9 Å². The quantitative estimate of drug-likeness (QED) is 0.481. The van der Waals surface area contributed by atoms with E-state index in [4.69, 9.17) is 4.42 Å². The third-order valence-electron chi connectivity index (χ3n) is 4.53. The summed E-state index contributed by atoms with van der Waals surface area (Å²) in [5, 5.41) is 0. The molecule has 0 fully saturated rings. The first-order valence-electron chi connectivity index (χ1n) is 8.73. The van der Waals surface area contributed by atoms with Crippen molar-refractivity contribution in [3.63, 3.8) is 0 Å². The molecule has 26 heavy (non-hydrogen) atoms. The fraction of sp³-hybridized carbons (Fsp3) is 0.182. The predicted molar refractivity (Wildman–Crippen MR) is 99.2 cm³/mol. The molecule has 0 bridgehead atoms. The monoisotopic (exact) mass is 347 g/mol. The first kappa shape index (κ1) is 16.5. The second-order valence-corrected chi connectivity index (χ2v) is 6.75. The van der Waals surface area contributed by atoms with Crippen LogP contribution in [-0.2, 0) is 6.54 Å². The molecule has 0 radical (unpaired) electrons. The largest absolute Gasteiger partial charge is 0.436 e. The molecule has 2 aromatic heterocycles. The summed E-state index contributed by atoms with van der Waals surface area (Å²) < 4.78 is 21.6. The van der Waals surface area contributed by atoms with Crippen LogP contribution in [0.5, 0.6) is 0 Å². The van der Waals surface area contributed by atoms with E-state index < -0.39 is 0 Å². The summed E-state index contributed by atoms with van der Waals surface area (Å²) in [4.78, 5) is 4.62. The smallest absolute Gasteiger partial charge is 0.227 e. The Morgan fingerprint density at radius 1 is 1.04 bits per heavy atom. The number of rotatable bonds is 4. The van der Waals surface area contributed by atoms with Gasteiger partial charge >= 0.3 is 0 Å². The maximum atomic E-state index is 13.8. The average Bonchev–Trinajstić information content (AvgIpc) is 3.07. The molecule has 3 nitrogen and oxygen atoms in total. The molecule has 0 aliphatic rings. The van der Waals surface area contributed by atoms with Gasteiger partial charge in [-0.3, -0.25) is 0 Å². The van der Waals surface area contributed by atoms with E-state index in [9.17, 15) is 4.39 Å². The van der Waals surface area contributed by atoms with E-state index in [2.05, 4.69) is 31.0 Å².